The first-order valence-electron chi connectivity index (χ1n) is 9.66. The van der Waals surface area contributed by atoms with Crippen LogP contribution in [0, 0.1) is 6.92 Å². The maximum atomic E-state index is 12.6. The van der Waals surface area contributed by atoms with Gasteiger partial charge in [-0.05, 0) is 58.7 Å². The number of hydrogen-bond donors (Lipinski definition) is 1. The van der Waals surface area contributed by atoms with Crippen molar-refractivity contribution >= 4 is 29.2 Å². The van der Waals surface area contributed by atoms with E-state index in [1.54, 1.807) is 12.1 Å². The number of hydrogen-bond acceptors (Lipinski definition) is 3. The van der Waals surface area contributed by atoms with Gasteiger partial charge in [0, 0.05) is 10.7 Å². The second kappa shape index (κ2) is 8.58. The minimum Gasteiger partial charge on any atom is -0.452 e. The number of ether oxygens (including phenoxy) is 1. The lowest BCUT2D eigenvalue weighted by Gasteiger charge is -2.25. The largest absolute Gasteiger partial charge is 0.452 e. The molecule has 4 nitrogen and oxygen atoms in total. The molecule has 0 aliphatic carbocycles. The Morgan fingerprint density at radius 3 is 1.97 bits per heavy atom. The summed E-state index contributed by atoms with van der Waals surface area (Å²) in [5.74, 6) is -0.931. The molecule has 0 spiro atoms. The molecule has 0 unspecified atom stereocenters. The van der Waals surface area contributed by atoms with Gasteiger partial charge in [-0.25, -0.2) is 4.79 Å². The van der Waals surface area contributed by atoms with Gasteiger partial charge in [-0.1, -0.05) is 65.3 Å². The third-order valence-electron chi connectivity index (χ3n) is 4.69. The van der Waals surface area contributed by atoms with Gasteiger partial charge in [0.15, 0.2) is 6.61 Å². The molecule has 2 aromatic rings. The number of esters is 1. The summed E-state index contributed by atoms with van der Waals surface area (Å²) < 4.78 is 5.27. The van der Waals surface area contributed by atoms with Crippen LogP contribution in [0.15, 0.2) is 36.4 Å². The summed E-state index contributed by atoms with van der Waals surface area (Å²) in [4.78, 5) is 24.8. The number of halogens is 1. The van der Waals surface area contributed by atoms with Gasteiger partial charge in [0.2, 0.25) is 0 Å². The molecule has 0 aliphatic rings. The summed E-state index contributed by atoms with van der Waals surface area (Å²) in [7, 11) is 0. The molecule has 0 bridgehead atoms. The highest BCUT2D eigenvalue weighted by atomic mass is 35.5. The van der Waals surface area contributed by atoms with Crippen LogP contribution in [-0.2, 0) is 20.4 Å². The second-order valence-electron chi connectivity index (χ2n) is 9.39. The van der Waals surface area contributed by atoms with Crippen molar-refractivity contribution in [2.24, 2.45) is 0 Å². The van der Waals surface area contributed by atoms with Gasteiger partial charge in [0.05, 0.1) is 5.56 Å². The zero-order valence-electron chi connectivity index (χ0n) is 18.3. The van der Waals surface area contributed by atoms with Gasteiger partial charge in [-0.3, -0.25) is 4.79 Å². The Balaban J connectivity index is 2.13. The number of benzene rings is 2. The predicted octanol–water partition coefficient (Wildman–Crippen LogP) is 6.04. The first-order valence-corrected chi connectivity index (χ1v) is 10.0. The van der Waals surface area contributed by atoms with E-state index in [2.05, 4.69) is 52.9 Å². The monoisotopic (exact) mass is 415 g/mol. The first kappa shape index (κ1) is 23.0. The number of amides is 1. The molecule has 2 aromatic carbocycles. The van der Waals surface area contributed by atoms with Crippen LogP contribution < -0.4 is 5.32 Å². The van der Waals surface area contributed by atoms with Crippen LogP contribution in [-0.4, -0.2) is 18.5 Å². The molecule has 0 saturated carbocycles. The molecule has 1 amide bonds. The summed E-state index contributed by atoms with van der Waals surface area (Å²) in [6, 6.07) is 11.0. The normalized spacial score (nSPS) is 11.9. The van der Waals surface area contributed by atoms with Crippen LogP contribution in [0.4, 0.5) is 5.69 Å². The third kappa shape index (κ3) is 6.33. The topological polar surface area (TPSA) is 55.4 Å². The van der Waals surface area contributed by atoms with Crippen LogP contribution in [0.3, 0.4) is 0 Å². The molecule has 5 heteroatoms. The zero-order chi connectivity index (χ0) is 22.0. The highest BCUT2D eigenvalue weighted by Crippen LogP contribution is 2.30. The Hall–Kier alpha value is -2.33. The average Bonchev–Trinajstić information content (AvgIpc) is 2.61. The van der Waals surface area contributed by atoms with Crippen molar-refractivity contribution in [3.63, 3.8) is 0 Å². The molecule has 156 valence electrons. The van der Waals surface area contributed by atoms with Crippen molar-refractivity contribution in [2.75, 3.05) is 11.9 Å². The maximum Gasteiger partial charge on any atom is 0.338 e. The molecule has 0 atom stereocenters. The fourth-order valence-electron chi connectivity index (χ4n) is 2.69. The second-order valence-corrected chi connectivity index (χ2v) is 9.79. The highest BCUT2D eigenvalue weighted by molar-refractivity contribution is 6.31. The van der Waals surface area contributed by atoms with Gasteiger partial charge in [0.25, 0.3) is 5.91 Å². The summed E-state index contributed by atoms with van der Waals surface area (Å²) in [6.45, 7) is 14.1. The average molecular weight is 416 g/mol. The number of carbonyl (C=O) groups is 2. The number of carbonyl (C=O) groups excluding carboxylic acids is 2. The van der Waals surface area contributed by atoms with Gasteiger partial charge in [-0.15, -0.1) is 0 Å². The van der Waals surface area contributed by atoms with E-state index in [1.165, 1.54) is 0 Å². The minimum absolute atomic E-state index is 0.113. The van der Waals surface area contributed by atoms with Gasteiger partial charge in [-0.2, -0.15) is 0 Å². The van der Waals surface area contributed by atoms with E-state index in [9.17, 15) is 9.59 Å². The SMILES string of the molecule is Cc1ccc(NC(=O)COC(=O)c2cc(C(C)(C)C)cc(C(C)(C)C)c2)cc1Cl. The summed E-state index contributed by atoms with van der Waals surface area (Å²) in [5.41, 5.74) is 3.81. The Kier molecular flexibility index (Phi) is 6.79. The van der Waals surface area contributed by atoms with E-state index < -0.39 is 11.9 Å². The molecule has 0 fully saturated rings. The predicted molar refractivity (Wildman–Crippen MR) is 119 cm³/mol. The van der Waals surface area contributed by atoms with E-state index in [4.69, 9.17) is 16.3 Å². The van der Waals surface area contributed by atoms with Crippen molar-refractivity contribution in [3.8, 4) is 0 Å². The van der Waals surface area contributed by atoms with E-state index in [0.717, 1.165) is 16.7 Å². The number of rotatable bonds is 4. The smallest absolute Gasteiger partial charge is 0.338 e. The summed E-state index contributed by atoms with van der Waals surface area (Å²) in [5, 5.41) is 3.25. The lowest BCUT2D eigenvalue weighted by atomic mass is 9.79. The van der Waals surface area contributed by atoms with Gasteiger partial charge in [0.1, 0.15) is 0 Å². The fraction of sp³-hybridized carbons (Fsp3) is 0.417. The van der Waals surface area contributed by atoms with Crippen molar-refractivity contribution in [1.82, 2.24) is 0 Å². The Labute approximate surface area is 178 Å². The zero-order valence-corrected chi connectivity index (χ0v) is 19.0. The third-order valence-corrected chi connectivity index (χ3v) is 5.10. The van der Waals surface area contributed by atoms with Gasteiger partial charge < -0.3 is 10.1 Å². The van der Waals surface area contributed by atoms with Gasteiger partial charge >= 0.3 is 5.97 Å². The molecule has 1 N–H and O–H groups in total. The van der Waals surface area contributed by atoms with Crippen molar-refractivity contribution in [3.05, 3.63) is 63.7 Å². The van der Waals surface area contributed by atoms with E-state index in [-0.39, 0.29) is 17.4 Å². The number of anilines is 1. The van der Waals surface area contributed by atoms with Crippen molar-refractivity contribution in [2.45, 2.75) is 59.3 Å². The number of nitrogens with one attached hydrogen (secondary N) is 1. The fourth-order valence-corrected chi connectivity index (χ4v) is 2.87. The molecule has 0 heterocycles. The molecular formula is C24H30ClNO3. The highest BCUT2D eigenvalue weighted by Gasteiger charge is 2.23. The Bertz CT molecular complexity index is 888. The van der Waals surface area contributed by atoms with Crippen LogP contribution in [0.5, 0.6) is 0 Å². The van der Waals surface area contributed by atoms with E-state index in [0.29, 0.717) is 16.3 Å². The van der Waals surface area contributed by atoms with Crippen LogP contribution >= 0.6 is 11.6 Å². The summed E-state index contributed by atoms with van der Waals surface area (Å²) >= 11 is 6.07. The Morgan fingerprint density at radius 1 is 0.931 bits per heavy atom. The first-order chi connectivity index (χ1) is 13.3. The summed E-state index contributed by atoms with van der Waals surface area (Å²) in [6.07, 6.45) is 0. The lowest BCUT2D eigenvalue weighted by Crippen LogP contribution is -2.22. The lowest BCUT2D eigenvalue weighted by molar-refractivity contribution is -0.119. The molecular weight excluding hydrogens is 386 g/mol. The van der Waals surface area contributed by atoms with Crippen LogP contribution in [0.1, 0.15) is 68.6 Å². The van der Waals surface area contributed by atoms with E-state index in [1.807, 2.05) is 25.1 Å². The maximum absolute atomic E-state index is 12.6. The van der Waals surface area contributed by atoms with Crippen LogP contribution in [0.2, 0.25) is 5.02 Å². The van der Waals surface area contributed by atoms with E-state index >= 15 is 0 Å². The standard InChI is InChI=1S/C24H30ClNO3/c1-15-8-9-19(13-20(15)25)26-21(27)14-29-22(28)16-10-17(23(2,3)4)12-18(11-16)24(5,6)7/h8-13H,14H2,1-7H3,(H,26,27). The minimum atomic E-state index is -0.515. The molecule has 0 aliphatic heterocycles. The molecule has 29 heavy (non-hydrogen) atoms. The molecule has 0 saturated heterocycles. The molecule has 0 aromatic heterocycles. The Morgan fingerprint density at radius 2 is 1.48 bits per heavy atom. The quantitative estimate of drug-likeness (QED) is 0.619. The number of aryl methyl sites for hydroxylation is 1. The van der Waals surface area contributed by atoms with Crippen molar-refractivity contribution in [1.29, 1.82) is 0 Å². The molecule has 2 rings (SSSR count). The van der Waals surface area contributed by atoms with Crippen molar-refractivity contribution < 1.29 is 14.3 Å². The molecule has 0 radical (unpaired) electrons. The van der Waals surface area contributed by atoms with Crippen LogP contribution in [0.25, 0.3) is 0 Å².